The highest BCUT2D eigenvalue weighted by atomic mass is 16.5. The summed E-state index contributed by atoms with van der Waals surface area (Å²) in [7, 11) is 0. The zero-order valence-electron chi connectivity index (χ0n) is 11.5. The molecule has 1 unspecified atom stereocenters. The standard InChI is InChI=1S/C14H20N4O2/c15-7-10-8-18(4-5-20-10)14-11(13(16)19)6-9-2-1-3-12(9)17-14/h6,10H,1-5,7-8,15H2,(H2,16,19). The van der Waals surface area contributed by atoms with Crippen LogP contribution in [0.1, 0.15) is 28.0 Å². The summed E-state index contributed by atoms with van der Waals surface area (Å²) >= 11 is 0. The Kier molecular flexibility index (Phi) is 3.58. The van der Waals surface area contributed by atoms with E-state index in [9.17, 15) is 4.79 Å². The molecule has 1 saturated heterocycles. The van der Waals surface area contributed by atoms with E-state index in [1.807, 2.05) is 6.07 Å². The fraction of sp³-hybridized carbons (Fsp3) is 0.571. The highest BCUT2D eigenvalue weighted by Crippen LogP contribution is 2.28. The van der Waals surface area contributed by atoms with Crippen LogP contribution in [-0.4, -0.2) is 43.2 Å². The number of anilines is 1. The predicted molar refractivity (Wildman–Crippen MR) is 75.8 cm³/mol. The van der Waals surface area contributed by atoms with Gasteiger partial charge in [-0.2, -0.15) is 0 Å². The molecule has 1 amide bonds. The van der Waals surface area contributed by atoms with Gasteiger partial charge >= 0.3 is 0 Å². The zero-order valence-corrected chi connectivity index (χ0v) is 11.5. The molecule has 1 aromatic heterocycles. The van der Waals surface area contributed by atoms with E-state index in [0.29, 0.717) is 37.6 Å². The first kappa shape index (κ1) is 13.3. The molecule has 1 aliphatic carbocycles. The van der Waals surface area contributed by atoms with E-state index in [0.717, 1.165) is 30.5 Å². The summed E-state index contributed by atoms with van der Waals surface area (Å²) in [6.45, 7) is 2.43. The number of primary amides is 1. The number of carbonyl (C=O) groups excluding carboxylic acids is 1. The lowest BCUT2D eigenvalue weighted by atomic mass is 10.1. The Morgan fingerprint density at radius 3 is 3.10 bits per heavy atom. The summed E-state index contributed by atoms with van der Waals surface area (Å²) in [6.07, 6.45) is 3.04. The summed E-state index contributed by atoms with van der Waals surface area (Å²) in [6, 6.07) is 1.92. The number of pyridine rings is 1. The van der Waals surface area contributed by atoms with E-state index < -0.39 is 5.91 Å². The quantitative estimate of drug-likeness (QED) is 0.799. The average Bonchev–Trinajstić information content (AvgIpc) is 2.93. The Bertz CT molecular complexity index is 532. The van der Waals surface area contributed by atoms with Gasteiger partial charge < -0.3 is 21.1 Å². The number of nitrogens with two attached hydrogens (primary N) is 2. The fourth-order valence-electron chi connectivity index (χ4n) is 2.94. The lowest BCUT2D eigenvalue weighted by molar-refractivity contribution is 0.0462. The van der Waals surface area contributed by atoms with E-state index in [-0.39, 0.29) is 6.10 Å². The smallest absolute Gasteiger partial charge is 0.252 e. The molecule has 6 heteroatoms. The Balaban J connectivity index is 1.97. The fourth-order valence-corrected chi connectivity index (χ4v) is 2.94. The summed E-state index contributed by atoms with van der Waals surface area (Å²) in [5, 5.41) is 0. The van der Waals surface area contributed by atoms with Crippen LogP contribution in [0.5, 0.6) is 0 Å². The molecule has 0 aromatic carbocycles. The number of aryl methyl sites for hydroxylation is 2. The van der Waals surface area contributed by atoms with Gasteiger partial charge in [0, 0.05) is 25.3 Å². The minimum atomic E-state index is -0.419. The topological polar surface area (TPSA) is 94.5 Å². The third-order valence-electron chi connectivity index (χ3n) is 4.00. The van der Waals surface area contributed by atoms with Gasteiger partial charge in [-0.1, -0.05) is 0 Å². The molecule has 1 aromatic rings. The number of morpholine rings is 1. The molecule has 6 nitrogen and oxygen atoms in total. The number of nitrogens with zero attached hydrogens (tertiary/aromatic N) is 2. The maximum Gasteiger partial charge on any atom is 0.252 e. The molecule has 0 spiro atoms. The van der Waals surface area contributed by atoms with Crippen molar-refractivity contribution in [2.45, 2.75) is 25.4 Å². The van der Waals surface area contributed by atoms with Crippen molar-refractivity contribution in [2.75, 3.05) is 31.1 Å². The van der Waals surface area contributed by atoms with Gasteiger partial charge in [-0.3, -0.25) is 4.79 Å². The second-order valence-electron chi connectivity index (χ2n) is 5.36. The lowest BCUT2D eigenvalue weighted by Gasteiger charge is -2.34. The van der Waals surface area contributed by atoms with E-state index in [2.05, 4.69) is 4.90 Å². The number of carbonyl (C=O) groups is 1. The summed E-state index contributed by atoms with van der Waals surface area (Å²) in [5.74, 6) is 0.276. The minimum absolute atomic E-state index is 0.0143. The molecule has 108 valence electrons. The molecule has 1 atom stereocenters. The van der Waals surface area contributed by atoms with Crippen molar-refractivity contribution in [2.24, 2.45) is 11.5 Å². The van der Waals surface area contributed by atoms with Crippen LogP contribution in [0.2, 0.25) is 0 Å². The highest BCUT2D eigenvalue weighted by Gasteiger charge is 2.26. The number of hydrogen-bond donors (Lipinski definition) is 2. The molecule has 4 N–H and O–H groups in total. The molecular weight excluding hydrogens is 256 g/mol. The maximum atomic E-state index is 11.7. The monoisotopic (exact) mass is 276 g/mol. The van der Waals surface area contributed by atoms with E-state index in [1.54, 1.807) is 0 Å². The van der Waals surface area contributed by atoms with Crippen molar-refractivity contribution >= 4 is 11.7 Å². The van der Waals surface area contributed by atoms with Gasteiger partial charge in [0.2, 0.25) is 0 Å². The van der Waals surface area contributed by atoms with Gasteiger partial charge in [-0.15, -0.1) is 0 Å². The third kappa shape index (κ3) is 2.36. The van der Waals surface area contributed by atoms with Gasteiger partial charge in [0.1, 0.15) is 5.82 Å². The Labute approximate surface area is 118 Å². The molecule has 0 saturated carbocycles. The molecule has 2 aliphatic rings. The van der Waals surface area contributed by atoms with E-state index in [1.165, 1.54) is 0 Å². The van der Waals surface area contributed by atoms with Crippen LogP contribution in [0.25, 0.3) is 0 Å². The second-order valence-corrected chi connectivity index (χ2v) is 5.36. The van der Waals surface area contributed by atoms with Crippen LogP contribution in [0.15, 0.2) is 6.07 Å². The van der Waals surface area contributed by atoms with Crippen molar-refractivity contribution < 1.29 is 9.53 Å². The largest absolute Gasteiger partial charge is 0.373 e. The number of ether oxygens (including phenoxy) is 1. The lowest BCUT2D eigenvalue weighted by Crippen LogP contribution is -2.46. The molecule has 20 heavy (non-hydrogen) atoms. The first-order valence-electron chi connectivity index (χ1n) is 7.08. The van der Waals surface area contributed by atoms with E-state index >= 15 is 0 Å². The van der Waals surface area contributed by atoms with Crippen molar-refractivity contribution in [1.29, 1.82) is 0 Å². The number of fused-ring (bicyclic) bond motifs is 1. The highest BCUT2D eigenvalue weighted by molar-refractivity contribution is 5.98. The van der Waals surface area contributed by atoms with Crippen molar-refractivity contribution in [3.63, 3.8) is 0 Å². The Morgan fingerprint density at radius 1 is 1.50 bits per heavy atom. The van der Waals surface area contributed by atoms with Crippen LogP contribution >= 0.6 is 0 Å². The number of amides is 1. The molecule has 2 heterocycles. The van der Waals surface area contributed by atoms with Crippen LogP contribution in [0, 0.1) is 0 Å². The summed E-state index contributed by atoms with van der Waals surface area (Å²) in [4.78, 5) is 18.5. The van der Waals surface area contributed by atoms with Crippen molar-refractivity contribution in [3.05, 3.63) is 22.9 Å². The molecule has 0 radical (unpaired) electrons. The minimum Gasteiger partial charge on any atom is -0.373 e. The number of rotatable bonds is 3. The number of hydrogen-bond acceptors (Lipinski definition) is 5. The van der Waals surface area contributed by atoms with Gasteiger partial charge in [-0.25, -0.2) is 4.98 Å². The van der Waals surface area contributed by atoms with Crippen LogP contribution in [-0.2, 0) is 17.6 Å². The van der Waals surface area contributed by atoms with Crippen molar-refractivity contribution in [1.82, 2.24) is 4.98 Å². The molecule has 1 aliphatic heterocycles. The Morgan fingerprint density at radius 2 is 2.35 bits per heavy atom. The predicted octanol–water partition coefficient (Wildman–Crippen LogP) is -0.167. The molecular formula is C14H20N4O2. The van der Waals surface area contributed by atoms with Crippen LogP contribution < -0.4 is 16.4 Å². The summed E-state index contributed by atoms with van der Waals surface area (Å²) in [5.41, 5.74) is 14.0. The SMILES string of the molecule is NCC1CN(c2nc3c(cc2C(N)=O)CCC3)CCO1. The van der Waals surface area contributed by atoms with Crippen molar-refractivity contribution in [3.8, 4) is 0 Å². The van der Waals surface area contributed by atoms with E-state index in [4.69, 9.17) is 21.2 Å². The molecule has 0 bridgehead atoms. The first-order valence-corrected chi connectivity index (χ1v) is 7.08. The first-order chi connectivity index (χ1) is 9.69. The number of aromatic nitrogens is 1. The Hall–Kier alpha value is -1.66. The average molecular weight is 276 g/mol. The summed E-state index contributed by atoms with van der Waals surface area (Å²) < 4.78 is 5.56. The molecule has 3 rings (SSSR count). The van der Waals surface area contributed by atoms with Gasteiger partial charge in [-0.05, 0) is 30.9 Å². The molecule has 1 fully saturated rings. The van der Waals surface area contributed by atoms with Crippen LogP contribution in [0.3, 0.4) is 0 Å². The zero-order chi connectivity index (χ0) is 14.1. The normalized spacial score (nSPS) is 21.9. The third-order valence-corrected chi connectivity index (χ3v) is 4.00. The van der Waals surface area contributed by atoms with Gasteiger partial charge in [0.15, 0.2) is 0 Å². The second kappa shape index (κ2) is 5.38. The van der Waals surface area contributed by atoms with Crippen LogP contribution in [0.4, 0.5) is 5.82 Å². The van der Waals surface area contributed by atoms with Gasteiger partial charge in [0.25, 0.3) is 5.91 Å². The van der Waals surface area contributed by atoms with Gasteiger partial charge in [0.05, 0.1) is 18.3 Å². The maximum absolute atomic E-state index is 11.7.